The van der Waals surface area contributed by atoms with Gasteiger partial charge in [0.15, 0.2) is 6.61 Å². The van der Waals surface area contributed by atoms with Gasteiger partial charge in [0.2, 0.25) is 0 Å². The number of anilines is 1. The number of benzene rings is 2. The van der Waals surface area contributed by atoms with Gasteiger partial charge in [0.25, 0.3) is 5.91 Å². The lowest BCUT2D eigenvalue weighted by atomic mass is 10.1. The van der Waals surface area contributed by atoms with Crippen LogP contribution in [0.15, 0.2) is 48.0 Å². The number of carbonyl (C=O) groups is 2. The summed E-state index contributed by atoms with van der Waals surface area (Å²) in [5, 5.41) is 20.7. The molecule has 2 aromatic rings. The molecule has 0 fully saturated rings. The summed E-state index contributed by atoms with van der Waals surface area (Å²) in [6.45, 7) is 1.81. The first-order valence-corrected chi connectivity index (χ1v) is 8.86. The van der Waals surface area contributed by atoms with Crippen molar-refractivity contribution in [1.29, 1.82) is 10.5 Å². The minimum absolute atomic E-state index is 0.187. The van der Waals surface area contributed by atoms with Crippen LogP contribution in [0.4, 0.5) is 5.69 Å². The normalized spacial score (nSPS) is 10.4. The van der Waals surface area contributed by atoms with Gasteiger partial charge in [-0.25, -0.2) is 4.79 Å². The van der Waals surface area contributed by atoms with E-state index in [1.807, 2.05) is 13.0 Å². The highest BCUT2D eigenvalue weighted by molar-refractivity contribution is 6.32. The summed E-state index contributed by atoms with van der Waals surface area (Å²) >= 11 is 5.89. The van der Waals surface area contributed by atoms with Crippen LogP contribution in [0.3, 0.4) is 0 Å². The first kappa shape index (κ1) is 21.5. The predicted octanol–water partition coefficient (Wildman–Crippen LogP) is 3.70. The van der Waals surface area contributed by atoms with Crippen molar-refractivity contribution in [2.45, 2.75) is 6.92 Å². The van der Waals surface area contributed by atoms with Crippen LogP contribution in [0.5, 0.6) is 5.75 Å². The SMILES string of the molecule is CCOc1ccc(/C=C(\C#N)C(=O)OCC(=O)Nc2ccc(C#N)c(Cl)c2)cc1. The van der Waals surface area contributed by atoms with Crippen molar-refractivity contribution >= 4 is 35.2 Å². The minimum atomic E-state index is -0.922. The first-order chi connectivity index (χ1) is 14.0. The van der Waals surface area contributed by atoms with Gasteiger partial charge in [0.05, 0.1) is 17.2 Å². The van der Waals surface area contributed by atoms with Crippen LogP contribution in [0.2, 0.25) is 5.02 Å². The molecule has 0 aliphatic heterocycles. The van der Waals surface area contributed by atoms with Crippen LogP contribution in [-0.2, 0) is 14.3 Å². The highest BCUT2D eigenvalue weighted by atomic mass is 35.5. The van der Waals surface area contributed by atoms with Gasteiger partial charge < -0.3 is 14.8 Å². The first-order valence-electron chi connectivity index (χ1n) is 8.48. The number of esters is 1. The molecule has 0 heterocycles. The molecule has 1 amide bonds. The molecule has 0 aromatic heterocycles. The minimum Gasteiger partial charge on any atom is -0.494 e. The number of nitrogens with zero attached hydrogens (tertiary/aromatic N) is 2. The summed E-state index contributed by atoms with van der Waals surface area (Å²) in [5.41, 5.74) is 0.983. The quantitative estimate of drug-likeness (QED) is 0.424. The molecule has 0 saturated carbocycles. The Bertz CT molecular complexity index is 1020. The number of ether oxygens (including phenoxy) is 2. The molecule has 0 unspecified atom stereocenters. The topological polar surface area (TPSA) is 112 Å². The maximum Gasteiger partial charge on any atom is 0.349 e. The van der Waals surface area contributed by atoms with E-state index in [0.29, 0.717) is 23.6 Å². The molecule has 0 atom stereocenters. The second-order valence-corrected chi connectivity index (χ2v) is 6.01. The monoisotopic (exact) mass is 409 g/mol. The van der Waals surface area contributed by atoms with E-state index in [0.717, 1.165) is 0 Å². The van der Waals surface area contributed by atoms with Crippen molar-refractivity contribution in [3.63, 3.8) is 0 Å². The molecular formula is C21H16ClN3O4. The Morgan fingerprint density at radius 1 is 1.17 bits per heavy atom. The predicted molar refractivity (Wildman–Crippen MR) is 107 cm³/mol. The largest absolute Gasteiger partial charge is 0.494 e. The molecule has 0 radical (unpaired) electrons. The summed E-state index contributed by atoms with van der Waals surface area (Å²) in [6, 6.07) is 14.8. The number of nitrogens with one attached hydrogen (secondary N) is 1. The fourth-order valence-corrected chi connectivity index (χ4v) is 2.44. The van der Waals surface area contributed by atoms with E-state index in [-0.39, 0.29) is 16.2 Å². The third-order valence-electron chi connectivity index (χ3n) is 3.55. The van der Waals surface area contributed by atoms with Gasteiger partial charge in [-0.3, -0.25) is 4.79 Å². The Kier molecular flexibility index (Phi) is 7.78. The Hall–Kier alpha value is -3.81. The Morgan fingerprint density at radius 3 is 2.48 bits per heavy atom. The van der Waals surface area contributed by atoms with E-state index in [1.165, 1.54) is 24.3 Å². The molecular weight excluding hydrogens is 394 g/mol. The number of hydrogen-bond donors (Lipinski definition) is 1. The van der Waals surface area contributed by atoms with Crippen LogP contribution < -0.4 is 10.1 Å². The maximum atomic E-state index is 12.1. The van der Waals surface area contributed by atoms with Gasteiger partial charge in [0.1, 0.15) is 23.5 Å². The third-order valence-corrected chi connectivity index (χ3v) is 3.86. The molecule has 0 saturated heterocycles. The Labute approximate surface area is 172 Å². The van der Waals surface area contributed by atoms with Crippen molar-refractivity contribution < 1.29 is 19.1 Å². The van der Waals surface area contributed by atoms with Gasteiger partial charge in [-0.1, -0.05) is 23.7 Å². The molecule has 2 aromatic carbocycles. The van der Waals surface area contributed by atoms with Crippen LogP contribution in [0.1, 0.15) is 18.1 Å². The second-order valence-electron chi connectivity index (χ2n) is 5.60. The van der Waals surface area contributed by atoms with E-state index >= 15 is 0 Å². The fourth-order valence-electron chi connectivity index (χ4n) is 2.22. The molecule has 0 spiro atoms. The van der Waals surface area contributed by atoms with Crippen LogP contribution in [0.25, 0.3) is 6.08 Å². The number of amides is 1. The van der Waals surface area contributed by atoms with E-state index in [9.17, 15) is 14.9 Å². The summed E-state index contributed by atoms with van der Waals surface area (Å²) in [6.07, 6.45) is 1.36. The highest BCUT2D eigenvalue weighted by Crippen LogP contribution is 2.20. The van der Waals surface area contributed by atoms with Gasteiger partial charge >= 0.3 is 5.97 Å². The third kappa shape index (κ3) is 6.39. The summed E-state index contributed by atoms with van der Waals surface area (Å²) in [4.78, 5) is 24.0. The van der Waals surface area contributed by atoms with E-state index in [2.05, 4.69) is 5.32 Å². The van der Waals surface area contributed by atoms with Crippen LogP contribution >= 0.6 is 11.6 Å². The van der Waals surface area contributed by atoms with E-state index < -0.39 is 18.5 Å². The molecule has 0 aliphatic rings. The molecule has 2 rings (SSSR count). The summed E-state index contributed by atoms with van der Waals surface area (Å²) in [5.74, 6) is -0.864. The zero-order chi connectivity index (χ0) is 21.2. The van der Waals surface area contributed by atoms with E-state index in [1.54, 1.807) is 30.3 Å². The number of nitriles is 2. The zero-order valence-electron chi connectivity index (χ0n) is 15.4. The van der Waals surface area contributed by atoms with Gasteiger partial charge in [-0.05, 0) is 48.9 Å². The highest BCUT2D eigenvalue weighted by Gasteiger charge is 2.14. The average Bonchev–Trinajstić information content (AvgIpc) is 2.72. The zero-order valence-corrected chi connectivity index (χ0v) is 16.2. The van der Waals surface area contributed by atoms with Crippen molar-refractivity contribution in [2.24, 2.45) is 0 Å². The summed E-state index contributed by atoms with van der Waals surface area (Å²) in [7, 11) is 0. The Morgan fingerprint density at radius 2 is 1.90 bits per heavy atom. The van der Waals surface area contributed by atoms with Gasteiger partial charge in [0, 0.05) is 5.69 Å². The lowest BCUT2D eigenvalue weighted by molar-refractivity contribution is -0.142. The lowest BCUT2D eigenvalue weighted by Gasteiger charge is -2.07. The van der Waals surface area contributed by atoms with Gasteiger partial charge in [-0.2, -0.15) is 10.5 Å². The standard InChI is InChI=1S/C21H16ClN3O4/c1-2-28-18-7-3-14(4-8-18)9-16(12-24)21(27)29-13-20(26)25-17-6-5-15(11-23)19(22)10-17/h3-10H,2,13H2,1H3,(H,25,26)/b16-9+. The Balaban J connectivity index is 1.95. The van der Waals surface area contributed by atoms with Crippen molar-refractivity contribution in [3.8, 4) is 17.9 Å². The number of hydrogen-bond acceptors (Lipinski definition) is 6. The maximum absolute atomic E-state index is 12.1. The number of carbonyl (C=O) groups excluding carboxylic acids is 2. The van der Waals surface area contributed by atoms with E-state index in [4.69, 9.17) is 26.3 Å². The fraction of sp³-hybridized carbons (Fsp3) is 0.143. The lowest BCUT2D eigenvalue weighted by Crippen LogP contribution is -2.21. The smallest absolute Gasteiger partial charge is 0.349 e. The number of halogens is 1. The molecule has 146 valence electrons. The molecule has 0 aliphatic carbocycles. The van der Waals surface area contributed by atoms with Crippen molar-refractivity contribution in [1.82, 2.24) is 0 Å². The molecule has 1 N–H and O–H groups in total. The molecule has 7 nitrogen and oxygen atoms in total. The molecule has 0 bridgehead atoms. The van der Waals surface area contributed by atoms with Crippen LogP contribution in [0, 0.1) is 22.7 Å². The summed E-state index contributed by atoms with van der Waals surface area (Å²) < 4.78 is 10.2. The second kappa shape index (κ2) is 10.5. The number of rotatable bonds is 7. The molecule has 8 heteroatoms. The average molecular weight is 410 g/mol. The van der Waals surface area contributed by atoms with Crippen molar-refractivity contribution in [3.05, 3.63) is 64.2 Å². The van der Waals surface area contributed by atoms with Gasteiger partial charge in [-0.15, -0.1) is 0 Å². The van der Waals surface area contributed by atoms with Crippen molar-refractivity contribution in [2.75, 3.05) is 18.5 Å². The van der Waals surface area contributed by atoms with Crippen LogP contribution in [-0.4, -0.2) is 25.1 Å². The molecule has 29 heavy (non-hydrogen) atoms.